The lowest BCUT2D eigenvalue weighted by Gasteiger charge is -2.07. The summed E-state index contributed by atoms with van der Waals surface area (Å²) >= 11 is 0.751. The van der Waals surface area contributed by atoms with E-state index in [0.29, 0.717) is 0 Å². The van der Waals surface area contributed by atoms with Crippen LogP contribution >= 0.6 is 11.3 Å². The molecule has 2 aromatic rings. The lowest BCUT2D eigenvalue weighted by Crippen LogP contribution is -2.14. The number of aromatic nitrogens is 1. The fraction of sp³-hybridized carbons (Fsp3) is 0.100. The van der Waals surface area contributed by atoms with E-state index >= 15 is 0 Å². The molecule has 5 nitrogen and oxygen atoms in total. The monoisotopic (exact) mass is 305 g/mol. The summed E-state index contributed by atoms with van der Waals surface area (Å²) in [7, 11) is -4.04. The Morgan fingerprint density at radius 3 is 2.63 bits per heavy atom. The van der Waals surface area contributed by atoms with Gasteiger partial charge in [-0.15, -0.1) is 0 Å². The summed E-state index contributed by atoms with van der Waals surface area (Å²) in [6.45, 7) is 1.46. The van der Waals surface area contributed by atoms with Crippen LogP contribution in [0, 0.1) is 18.6 Å². The van der Waals surface area contributed by atoms with Crippen LogP contribution in [-0.2, 0) is 10.0 Å². The van der Waals surface area contributed by atoms with E-state index < -0.39 is 27.3 Å². The van der Waals surface area contributed by atoms with Gasteiger partial charge in [0.15, 0.2) is 9.34 Å². The number of thiazole rings is 1. The van der Waals surface area contributed by atoms with Crippen molar-refractivity contribution in [2.75, 3.05) is 10.5 Å². The molecule has 0 spiro atoms. The Morgan fingerprint density at radius 1 is 1.37 bits per heavy atom. The van der Waals surface area contributed by atoms with Gasteiger partial charge in [-0.25, -0.2) is 22.2 Å². The molecule has 0 unspecified atom stereocenters. The second-order valence-electron chi connectivity index (χ2n) is 3.65. The highest BCUT2D eigenvalue weighted by Crippen LogP contribution is 2.27. The third-order valence-corrected chi connectivity index (χ3v) is 5.15. The fourth-order valence-corrected chi connectivity index (χ4v) is 3.78. The zero-order valence-corrected chi connectivity index (χ0v) is 11.3. The zero-order valence-electron chi connectivity index (χ0n) is 9.65. The molecule has 0 bridgehead atoms. The first-order valence-electron chi connectivity index (χ1n) is 5.00. The first-order chi connectivity index (χ1) is 8.79. The van der Waals surface area contributed by atoms with E-state index in [2.05, 4.69) is 4.98 Å². The summed E-state index contributed by atoms with van der Waals surface area (Å²) in [4.78, 5) is 3.77. The molecule has 0 fully saturated rings. The second kappa shape index (κ2) is 4.74. The summed E-state index contributed by atoms with van der Waals surface area (Å²) in [5, 5.41) is 0.0811. The Labute approximate surface area is 112 Å². The third kappa shape index (κ3) is 2.82. The van der Waals surface area contributed by atoms with Crippen molar-refractivity contribution in [1.29, 1.82) is 0 Å². The molecule has 2 rings (SSSR count). The van der Waals surface area contributed by atoms with Gasteiger partial charge in [0.25, 0.3) is 10.0 Å². The Kier molecular flexibility index (Phi) is 3.42. The van der Waals surface area contributed by atoms with Crippen LogP contribution < -0.4 is 10.5 Å². The minimum absolute atomic E-state index is 0.0811. The molecular weight excluding hydrogens is 296 g/mol. The number of halogens is 2. The fourth-order valence-electron chi connectivity index (χ4n) is 1.42. The van der Waals surface area contributed by atoms with Gasteiger partial charge in [0.05, 0.1) is 11.4 Å². The van der Waals surface area contributed by atoms with Crippen molar-refractivity contribution < 1.29 is 17.2 Å². The normalized spacial score (nSPS) is 11.5. The number of hydrogen-bond donors (Lipinski definition) is 2. The van der Waals surface area contributed by atoms with E-state index in [1.54, 1.807) is 0 Å². The predicted octanol–water partition coefficient (Wildman–Crippen LogP) is 2.11. The van der Waals surface area contributed by atoms with Crippen LogP contribution in [0.5, 0.6) is 0 Å². The van der Waals surface area contributed by atoms with Crippen LogP contribution in [0.1, 0.15) is 5.69 Å². The molecule has 0 saturated carbocycles. The molecule has 3 N–H and O–H groups in total. The van der Waals surface area contributed by atoms with Crippen LogP contribution in [-0.4, -0.2) is 13.4 Å². The molecule has 0 amide bonds. The minimum Gasteiger partial charge on any atom is -0.375 e. The summed E-state index contributed by atoms with van der Waals surface area (Å²) < 4.78 is 52.2. The number of anilines is 2. The maximum absolute atomic E-state index is 13.4. The quantitative estimate of drug-likeness (QED) is 0.909. The number of nitrogens with two attached hydrogens (primary N) is 1. The summed E-state index contributed by atoms with van der Waals surface area (Å²) in [5.74, 6) is -1.63. The Morgan fingerprint density at radius 2 is 2.05 bits per heavy atom. The molecule has 1 aromatic carbocycles. The van der Waals surface area contributed by atoms with Gasteiger partial charge >= 0.3 is 0 Å². The average molecular weight is 305 g/mol. The van der Waals surface area contributed by atoms with E-state index in [1.807, 2.05) is 4.72 Å². The standard InChI is InChI=1S/C10H9F2N3O2S2/c1-5-9(18-10(13)14-5)19(16,17)15-8-4-6(11)2-3-7(8)12/h2-4,15H,1H3,(H2,13,14). The number of nitrogens with zero attached hydrogens (tertiary/aromatic N) is 1. The molecule has 1 heterocycles. The van der Waals surface area contributed by atoms with E-state index in [1.165, 1.54) is 6.92 Å². The first-order valence-corrected chi connectivity index (χ1v) is 7.30. The van der Waals surface area contributed by atoms with Crippen molar-refractivity contribution in [2.24, 2.45) is 0 Å². The van der Waals surface area contributed by atoms with Crippen molar-refractivity contribution in [3.63, 3.8) is 0 Å². The molecule has 0 saturated heterocycles. The summed E-state index contributed by atoms with van der Waals surface area (Å²) in [6.07, 6.45) is 0. The molecule has 0 radical (unpaired) electrons. The molecule has 102 valence electrons. The minimum atomic E-state index is -4.04. The van der Waals surface area contributed by atoms with Crippen LogP contribution in [0.2, 0.25) is 0 Å². The Balaban J connectivity index is 2.42. The van der Waals surface area contributed by atoms with Crippen molar-refractivity contribution in [3.8, 4) is 0 Å². The van der Waals surface area contributed by atoms with Crippen molar-refractivity contribution in [2.45, 2.75) is 11.1 Å². The highest BCUT2D eigenvalue weighted by Gasteiger charge is 2.22. The van der Waals surface area contributed by atoms with Crippen molar-refractivity contribution in [1.82, 2.24) is 4.98 Å². The molecule has 9 heteroatoms. The van der Waals surface area contributed by atoms with E-state index in [9.17, 15) is 17.2 Å². The lowest BCUT2D eigenvalue weighted by molar-refractivity contribution is 0.595. The van der Waals surface area contributed by atoms with Gasteiger partial charge in [0.1, 0.15) is 11.6 Å². The summed E-state index contributed by atoms with van der Waals surface area (Å²) in [5.41, 5.74) is 5.14. The van der Waals surface area contributed by atoms with Crippen molar-refractivity contribution in [3.05, 3.63) is 35.5 Å². The Hall–Kier alpha value is -1.74. The lowest BCUT2D eigenvalue weighted by atomic mass is 10.3. The highest BCUT2D eigenvalue weighted by molar-refractivity contribution is 7.94. The zero-order chi connectivity index (χ0) is 14.2. The van der Waals surface area contributed by atoms with E-state index in [0.717, 1.165) is 29.5 Å². The highest BCUT2D eigenvalue weighted by atomic mass is 32.2. The third-order valence-electron chi connectivity index (χ3n) is 2.19. The van der Waals surface area contributed by atoms with Crippen LogP contribution in [0.4, 0.5) is 19.6 Å². The van der Waals surface area contributed by atoms with Gasteiger partial charge in [-0.3, -0.25) is 4.72 Å². The first kappa shape index (κ1) is 13.7. The topological polar surface area (TPSA) is 85.1 Å². The molecule has 0 atom stereocenters. The average Bonchev–Trinajstić information content (AvgIpc) is 2.63. The maximum Gasteiger partial charge on any atom is 0.273 e. The number of sulfonamides is 1. The van der Waals surface area contributed by atoms with Crippen LogP contribution in [0.25, 0.3) is 0 Å². The number of benzene rings is 1. The maximum atomic E-state index is 13.4. The SMILES string of the molecule is Cc1nc(N)sc1S(=O)(=O)Nc1cc(F)ccc1F. The van der Waals surface area contributed by atoms with Gasteiger partial charge < -0.3 is 5.73 Å². The number of hydrogen-bond acceptors (Lipinski definition) is 5. The van der Waals surface area contributed by atoms with Gasteiger partial charge in [-0.1, -0.05) is 11.3 Å². The van der Waals surface area contributed by atoms with Gasteiger partial charge in [-0.2, -0.15) is 0 Å². The van der Waals surface area contributed by atoms with Crippen LogP contribution in [0.15, 0.2) is 22.4 Å². The molecule has 0 aliphatic rings. The molecular formula is C10H9F2N3O2S2. The van der Waals surface area contributed by atoms with Gasteiger partial charge in [0.2, 0.25) is 0 Å². The molecule has 0 aliphatic carbocycles. The van der Waals surface area contributed by atoms with E-state index in [-0.39, 0.29) is 15.0 Å². The predicted molar refractivity (Wildman–Crippen MR) is 68.4 cm³/mol. The number of nitrogen functional groups attached to an aromatic ring is 1. The van der Waals surface area contributed by atoms with Gasteiger partial charge in [0, 0.05) is 6.07 Å². The second-order valence-corrected chi connectivity index (χ2v) is 6.56. The van der Waals surface area contributed by atoms with Crippen LogP contribution in [0.3, 0.4) is 0 Å². The number of nitrogens with one attached hydrogen (secondary N) is 1. The molecule has 19 heavy (non-hydrogen) atoms. The molecule has 0 aliphatic heterocycles. The van der Waals surface area contributed by atoms with Crippen molar-refractivity contribution >= 4 is 32.2 Å². The number of aryl methyl sites for hydroxylation is 1. The summed E-state index contributed by atoms with van der Waals surface area (Å²) in [6, 6.07) is 2.48. The van der Waals surface area contributed by atoms with E-state index in [4.69, 9.17) is 5.73 Å². The molecule has 1 aromatic heterocycles. The Bertz CT molecular complexity index is 728. The smallest absolute Gasteiger partial charge is 0.273 e. The number of rotatable bonds is 3. The largest absolute Gasteiger partial charge is 0.375 e. The van der Waals surface area contributed by atoms with Gasteiger partial charge in [-0.05, 0) is 19.1 Å².